The fourth-order valence-corrected chi connectivity index (χ4v) is 5.82. The molecule has 0 aliphatic heterocycles. The summed E-state index contributed by atoms with van der Waals surface area (Å²) >= 11 is 0. The summed E-state index contributed by atoms with van der Waals surface area (Å²) in [5, 5.41) is 21.7. The number of rotatable bonds is 32. The van der Waals surface area contributed by atoms with Crippen LogP contribution >= 0.6 is 0 Å². The number of aliphatic hydroxyl groups is 2. The third-order valence-corrected chi connectivity index (χ3v) is 11.2. The van der Waals surface area contributed by atoms with E-state index in [4.69, 9.17) is 61.2 Å². The summed E-state index contributed by atoms with van der Waals surface area (Å²) in [5.41, 5.74) is -1.73. The fourth-order valence-electron chi connectivity index (χ4n) is 5.82. The van der Waals surface area contributed by atoms with E-state index in [1.54, 1.807) is 38.2 Å². The van der Waals surface area contributed by atoms with Crippen molar-refractivity contribution in [2.24, 2.45) is 27.4 Å². The van der Waals surface area contributed by atoms with Crippen molar-refractivity contribution in [1.29, 1.82) is 0 Å². The molecular formula is C54H71F5N6O21. The maximum atomic E-state index is 14.0. The monoisotopic (exact) mass is 1230 g/mol. The van der Waals surface area contributed by atoms with Crippen LogP contribution in [0.25, 0.3) is 0 Å². The number of ether oxygens (including phenoxy) is 11. The lowest BCUT2D eigenvalue weighted by atomic mass is 9.91. The number of imidazole rings is 2. The molecule has 2 heterocycles. The maximum absolute atomic E-state index is 14.0. The molecule has 2 aromatic heterocycles. The summed E-state index contributed by atoms with van der Waals surface area (Å²) in [6.45, 7) is 4.37. The number of terminal acetylenes is 2. The van der Waals surface area contributed by atoms with Gasteiger partial charge in [-0.2, -0.15) is 8.78 Å². The molecule has 0 spiro atoms. The molecular weight excluding hydrogens is 1160 g/mol. The number of carbonyl (C=O) groups is 8. The van der Waals surface area contributed by atoms with E-state index < -0.39 is 158 Å². The summed E-state index contributed by atoms with van der Waals surface area (Å²) < 4.78 is 125. The van der Waals surface area contributed by atoms with E-state index >= 15 is 0 Å². The van der Waals surface area contributed by atoms with Gasteiger partial charge in [-0.05, 0) is 60.9 Å². The Morgan fingerprint density at radius 2 is 0.907 bits per heavy atom. The van der Waals surface area contributed by atoms with E-state index in [0.717, 1.165) is 26.4 Å². The van der Waals surface area contributed by atoms with Crippen molar-refractivity contribution in [3.05, 3.63) is 66.5 Å². The highest BCUT2D eigenvalue weighted by molar-refractivity contribution is 5.83. The molecule has 4 atom stereocenters. The van der Waals surface area contributed by atoms with Crippen molar-refractivity contribution < 1.29 is 123 Å². The van der Waals surface area contributed by atoms with Crippen molar-refractivity contribution in [3.8, 4) is 30.4 Å². The van der Waals surface area contributed by atoms with Gasteiger partial charge in [-0.1, -0.05) is 0 Å². The molecule has 1 aromatic carbocycles. The Bertz CT molecular complexity index is 2700. The lowest BCUT2D eigenvalue weighted by Crippen LogP contribution is -2.46. The average molecular weight is 1240 g/mol. The molecule has 3 aromatic rings. The molecule has 1 amide bonds. The standard InChI is InChI=1S/C24H25F5O11.C24H35N3O10.C6H11N3/c1-5-7-8-36-21(33)38-11-24(4,12-39-22(34)37-10-23(3,9-30)19(31)35-6-2)20(32)40-18-16(28)14(26)13(25)15(27)17(18)29;1-5-7-13-34-21(31)36-16-24(4,19(29)26-9-8-11-27-12-10-25-18-27)17-37-22(32)35-15-23(3,14-28)20(30)33-6-2;7-2-1-4-9-5-3-8-6-9/h1,30H,6-12H2,2-4H3;1,10,12,18,28H,6-9,11,13-17H2,2-4H3,(H,26,29);3,5-6H,1-2,4,7H2. The van der Waals surface area contributed by atoms with Gasteiger partial charge in [-0.15, -0.1) is 24.7 Å². The number of hydrogen-bond acceptors (Lipinski definition) is 24. The van der Waals surface area contributed by atoms with Crippen molar-refractivity contribution in [3.63, 3.8) is 0 Å². The number of amides is 1. The molecule has 478 valence electrons. The van der Waals surface area contributed by atoms with Gasteiger partial charge in [-0.3, -0.25) is 19.2 Å². The van der Waals surface area contributed by atoms with Crippen LogP contribution in [0.3, 0.4) is 0 Å². The van der Waals surface area contributed by atoms with Gasteiger partial charge < -0.3 is 82.5 Å². The van der Waals surface area contributed by atoms with Gasteiger partial charge in [0.15, 0.2) is 0 Å². The Hall–Kier alpha value is -8.75. The SMILES string of the molecule is C#CCCOC(=O)OCC(C)(COC(=O)OCC(C)(CO)C(=O)OCC)C(=O)NCCCn1ccnc1.C#CCCOC(=O)OCC(C)(COC(=O)OCC(C)(CO)C(=O)OCC)C(=O)Oc1c(F)c(F)c(F)c(F)c1F.NCCCn1ccnc1. The predicted octanol–water partition coefficient (Wildman–Crippen LogP) is 4.70. The Labute approximate surface area is 491 Å². The first kappa shape index (κ1) is 75.3. The quantitative estimate of drug-likeness (QED) is 0.00961. The minimum absolute atomic E-state index is 0.0117. The van der Waals surface area contributed by atoms with Gasteiger partial charge in [-0.25, -0.2) is 42.3 Å². The largest absolute Gasteiger partial charge is 0.508 e. The lowest BCUT2D eigenvalue weighted by Gasteiger charge is -2.28. The first-order valence-corrected chi connectivity index (χ1v) is 26.0. The van der Waals surface area contributed by atoms with Gasteiger partial charge in [0.25, 0.3) is 0 Å². The van der Waals surface area contributed by atoms with Gasteiger partial charge in [0.1, 0.15) is 74.5 Å². The molecule has 0 radical (unpaired) electrons. The number of aromatic nitrogens is 4. The van der Waals surface area contributed by atoms with E-state index in [2.05, 4.69) is 36.6 Å². The second-order valence-corrected chi connectivity index (χ2v) is 19.0. The second-order valence-electron chi connectivity index (χ2n) is 19.0. The fraction of sp³-hybridized carbons (Fsp3) is 0.556. The van der Waals surface area contributed by atoms with E-state index in [1.165, 1.54) is 27.7 Å². The summed E-state index contributed by atoms with van der Waals surface area (Å²) in [5.74, 6) is -13.8. The minimum Gasteiger partial charge on any atom is -0.465 e. The first-order chi connectivity index (χ1) is 40.7. The van der Waals surface area contributed by atoms with Gasteiger partial charge >= 0.3 is 42.5 Å². The smallest absolute Gasteiger partial charge is 0.465 e. The Balaban J connectivity index is 0.000000749. The highest BCUT2D eigenvalue weighted by Crippen LogP contribution is 2.32. The normalized spacial score (nSPS) is 13.3. The summed E-state index contributed by atoms with van der Waals surface area (Å²) in [6, 6.07) is 0. The number of hydrogen-bond donors (Lipinski definition) is 4. The Morgan fingerprint density at radius 3 is 1.26 bits per heavy atom. The van der Waals surface area contributed by atoms with Crippen LogP contribution in [0.1, 0.15) is 67.2 Å². The number of aliphatic hydroxyl groups excluding tert-OH is 2. The predicted molar refractivity (Wildman–Crippen MR) is 284 cm³/mol. The number of nitrogens with two attached hydrogens (primary N) is 1. The van der Waals surface area contributed by atoms with Crippen LogP contribution in [-0.2, 0) is 79.6 Å². The number of esters is 3. The molecule has 0 aliphatic rings. The summed E-state index contributed by atoms with van der Waals surface area (Å²) in [7, 11) is 0. The lowest BCUT2D eigenvalue weighted by molar-refractivity contribution is -0.161. The van der Waals surface area contributed by atoms with Crippen molar-refractivity contribution in [2.75, 3.05) is 92.4 Å². The third-order valence-electron chi connectivity index (χ3n) is 11.2. The molecule has 5 N–H and O–H groups in total. The van der Waals surface area contributed by atoms with Crippen LogP contribution in [0.15, 0.2) is 37.4 Å². The van der Waals surface area contributed by atoms with E-state index in [0.29, 0.717) is 13.0 Å². The van der Waals surface area contributed by atoms with Crippen LogP contribution in [0.4, 0.5) is 41.1 Å². The van der Waals surface area contributed by atoms with Gasteiger partial charge in [0, 0.05) is 57.3 Å². The van der Waals surface area contributed by atoms with Gasteiger partial charge in [0.05, 0.1) is 39.1 Å². The van der Waals surface area contributed by atoms with E-state index in [-0.39, 0.29) is 45.8 Å². The van der Waals surface area contributed by atoms with E-state index in [9.17, 15) is 70.5 Å². The zero-order valence-electron chi connectivity index (χ0n) is 48.2. The molecule has 27 nitrogen and oxygen atoms in total. The number of nitrogens with one attached hydrogen (secondary N) is 1. The van der Waals surface area contributed by atoms with Gasteiger partial charge in [0.2, 0.25) is 40.7 Å². The maximum Gasteiger partial charge on any atom is 0.508 e. The zero-order valence-corrected chi connectivity index (χ0v) is 48.2. The number of aryl methyl sites for hydroxylation is 2. The molecule has 0 bridgehead atoms. The molecule has 0 aliphatic carbocycles. The number of halogens is 5. The molecule has 0 fully saturated rings. The molecule has 4 unspecified atom stereocenters. The Morgan fingerprint density at radius 1 is 0.547 bits per heavy atom. The summed E-state index contributed by atoms with van der Waals surface area (Å²) in [6.07, 6.45) is 17.3. The van der Waals surface area contributed by atoms with Crippen molar-refractivity contribution in [1.82, 2.24) is 24.4 Å². The number of carbonyl (C=O) groups excluding carboxylic acids is 8. The van der Waals surface area contributed by atoms with Crippen molar-refractivity contribution >= 4 is 48.4 Å². The average Bonchev–Trinajstić information content (AvgIpc) is 1.29. The van der Waals surface area contributed by atoms with Crippen LogP contribution < -0.4 is 15.8 Å². The number of nitrogens with zero attached hydrogens (tertiary/aromatic N) is 4. The molecule has 0 saturated carbocycles. The van der Waals surface area contributed by atoms with Crippen LogP contribution in [0.5, 0.6) is 5.75 Å². The first-order valence-electron chi connectivity index (χ1n) is 26.0. The Kier molecular flexibility index (Phi) is 34.1. The second kappa shape index (κ2) is 39.0. The summed E-state index contributed by atoms with van der Waals surface area (Å²) in [4.78, 5) is 105. The van der Waals surface area contributed by atoms with E-state index in [1.807, 2.05) is 15.3 Å². The minimum atomic E-state index is -2.51. The highest BCUT2D eigenvalue weighted by Gasteiger charge is 2.43. The molecule has 0 saturated heterocycles. The zero-order chi connectivity index (χ0) is 64.9. The van der Waals surface area contributed by atoms with Crippen molar-refractivity contribution in [2.45, 2.75) is 80.3 Å². The topological polar surface area (TPSA) is 352 Å². The number of benzene rings is 1. The molecule has 86 heavy (non-hydrogen) atoms. The van der Waals surface area contributed by atoms with Crippen LogP contribution in [0, 0.1) is 75.4 Å². The van der Waals surface area contributed by atoms with Crippen LogP contribution in [0.2, 0.25) is 0 Å². The van der Waals surface area contributed by atoms with Crippen LogP contribution in [-0.4, -0.2) is 170 Å². The highest BCUT2D eigenvalue weighted by atomic mass is 19.2. The molecule has 3 rings (SSSR count). The third kappa shape index (κ3) is 26.0. The molecule has 32 heteroatoms.